The Balaban J connectivity index is 1.52. The second kappa shape index (κ2) is 11.2. The van der Waals surface area contributed by atoms with E-state index in [0.717, 1.165) is 0 Å². The SMILES string of the molecule is Cc1ccc([N+](=O)[O-])cc1N(C=O)c1ccc(Oc2ccc(N(C=O)c3cc([N+](=O)[O-])ccc3C)cc2)cc1. The predicted molar refractivity (Wildman–Crippen MR) is 145 cm³/mol. The van der Waals surface area contributed by atoms with Crippen molar-refractivity contribution in [1.82, 2.24) is 0 Å². The van der Waals surface area contributed by atoms with Gasteiger partial charge in [0.1, 0.15) is 11.5 Å². The number of carbonyl (C=O) groups excluding carboxylic acids is 2. The van der Waals surface area contributed by atoms with Crippen LogP contribution < -0.4 is 14.5 Å². The van der Waals surface area contributed by atoms with Crippen LogP contribution in [0.3, 0.4) is 0 Å². The first kappa shape index (κ1) is 26.5. The lowest BCUT2D eigenvalue weighted by Gasteiger charge is -2.20. The van der Waals surface area contributed by atoms with Gasteiger partial charge in [-0.3, -0.25) is 39.6 Å². The zero-order chi connectivity index (χ0) is 28.1. The number of benzene rings is 4. The molecule has 0 aromatic heterocycles. The molecule has 4 rings (SSSR count). The van der Waals surface area contributed by atoms with Crippen molar-refractivity contribution in [3.63, 3.8) is 0 Å². The van der Waals surface area contributed by atoms with Gasteiger partial charge < -0.3 is 4.74 Å². The van der Waals surface area contributed by atoms with Crippen molar-refractivity contribution in [2.24, 2.45) is 0 Å². The zero-order valence-corrected chi connectivity index (χ0v) is 20.9. The van der Waals surface area contributed by atoms with E-state index in [-0.39, 0.29) is 11.4 Å². The highest BCUT2D eigenvalue weighted by atomic mass is 16.6. The smallest absolute Gasteiger partial charge is 0.271 e. The molecule has 0 aliphatic carbocycles. The van der Waals surface area contributed by atoms with Crippen molar-refractivity contribution >= 4 is 46.9 Å². The number of aryl methyl sites for hydroxylation is 2. The molecule has 4 aromatic rings. The summed E-state index contributed by atoms with van der Waals surface area (Å²) in [6.07, 6.45) is 1.17. The van der Waals surface area contributed by atoms with Crippen molar-refractivity contribution in [2.75, 3.05) is 9.80 Å². The first-order chi connectivity index (χ1) is 18.7. The molecule has 11 nitrogen and oxygen atoms in total. The van der Waals surface area contributed by atoms with Crippen molar-refractivity contribution in [3.05, 3.63) is 116 Å². The van der Waals surface area contributed by atoms with Gasteiger partial charge in [0.25, 0.3) is 11.4 Å². The molecule has 2 amide bonds. The first-order valence-electron chi connectivity index (χ1n) is 11.6. The molecule has 0 aliphatic rings. The number of carbonyl (C=O) groups is 2. The lowest BCUT2D eigenvalue weighted by Crippen LogP contribution is -2.15. The van der Waals surface area contributed by atoms with E-state index in [1.165, 1.54) is 34.1 Å². The summed E-state index contributed by atoms with van der Waals surface area (Å²) >= 11 is 0. The molecule has 0 bridgehead atoms. The predicted octanol–water partition coefficient (Wildman–Crippen LogP) is 6.50. The minimum atomic E-state index is -0.521. The minimum Gasteiger partial charge on any atom is -0.457 e. The van der Waals surface area contributed by atoms with E-state index in [4.69, 9.17) is 4.74 Å². The molecule has 0 saturated heterocycles. The Labute approximate surface area is 222 Å². The van der Waals surface area contributed by atoms with Gasteiger partial charge in [0, 0.05) is 35.6 Å². The van der Waals surface area contributed by atoms with E-state index >= 15 is 0 Å². The molecule has 0 atom stereocenters. The highest BCUT2D eigenvalue weighted by molar-refractivity contribution is 5.89. The quantitative estimate of drug-likeness (QED) is 0.131. The Hall–Kier alpha value is -5.58. The summed E-state index contributed by atoms with van der Waals surface area (Å²) < 4.78 is 5.88. The average Bonchev–Trinajstić information content (AvgIpc) is 2.93. The average molecular weight is 527 g/mol. The molecular formula is C28H22N4O7. The second-order valence-electron chi connectivity index (χ2n) is 8.50. The lowest BCUT2D eigenvalue weighted by atomic mass is 10.1. The van der Waals surface area contributed by atoms with E-state index < -0.39 is 9.85 Å². The molecular weight excluding hydrogens is 504 g/mol. The monoisotopic (exact) mass is 526 g/mol. The van der Waals surface area contributed by atoms with Gasteiger partial charge in [-0.15, -0.1) is 0 Å². The van der Waals surface area contributed by atoms with Crippen LogP contribution in [0.4, 0.5) is 34.1 Å². The van der Waals surface area contributed by atoms with Crippen LogP contribution in [0.1, 0.15) is 11.1 Å². The zero-order valence-electron chi connectivity index (χ0n) is 20.9. The van der Waals surface area contributed by atoms with Gasteiger partial charge in [-0.25, -0.2) is 0 Å². The van der Waals surface area contributed by atoms with Gasteiger partial charge in [0.05, 0.1) is 21.2 Å². The van der Waals surface area contributed by atoms with Crippen LogP contribution in [0.15, 0.2) is 84.9 Å². The molecule has 0 radical (unpaired) electrons. The number of anilines is 4. The third-order valence-electron chi connectivity index (χ3n) is 6.00. The van der Waals surface area contributed by atoms with Gasteiger partial charge in [-0.1, -0.05) is 12.1 Å². The summed E-state index contributed by atoms with van der Waals surface area (Å²) in [6, 6.07) is 21.8. The Morgan fingerprint density at radius 2 is 0.974 bits per heavy atom. The van der Waals surface area contributed by atoms with Crippen molar-refractivity contribution < 1.29 is 24.2 Å². The van der Waals surface area contributed by atoms with E-state index in [0.29, 0.717) is 58.2 Å². The normalized spacial score (nSPS) is 10.4. The van der Waals surface area contributed by atoms with Crippen molar-refractivity contribution in [3.8, 4) is 11.5 Å². The summed E-state index contributed by atoms with van der Waals surface area (Å²) in [5.41, 5.74) is 2.90. The van der Waals surface area contributed by atoms with E-state index in [1.807, 2.05) is 0 Å². The molecule has 39 heavy (non-hydrogen) atoms. The number of hydrogen-bond donors (Lipinski definition) is 0. The van der Waals surface area contributed by atoms with Crippen LogP contribution in [-0.4, -0.2) is 22.7 Å². The lowest BCUT2D eigenvalue weighted by molar-refractivity contribution is -0.385. The number of hydrogen-bond acceptors (Lipinski definition) is 7. The number of non-ortho nitro benzene ring substituents is 2. The van der Waals surface area contributed by atoms with Crippen LogP contribution in [0.5, 0.6) is 11.5 Å². The molecule has 196 valence electrons. The van der Waals surface area contributed by atoms with Crippen LogP contribution in [0, 0.1) is 34.1 Å². The molecule has 0 unspecified atom stereocenters. The van der Waals surface area contributed by atoms with Gasteiger partial charge in [-0.05, 0) is 73.5 Å². The molecule has 0 heterocycles. The molecule has 0 aliphatic heterocycles. The fraction of sp³-hybridized carbons (Fsp3) is 0.0714. The minimum absolute atomic E-state index is 0.125. The Bertz CT molecular complexity index is 1440. The summed E-state index contributed by atoms with van der Waals surface area (Å²) in [5.74, 6) is 0.935. The molecule has 0 fully saturated rings. The summed E-state index contributed by atoms with van der Waals surface area (Å²) in [5, 5.41) is 22.3. The standard InChI is InChI=1S/C28H22N4O7/c1-19-3-5-23(31(35)36)15-27(19)29(17-33)21-7-11-25(12-8-21)39-26-13-9-22(10-14-26)30(18-34)28-16-24(32(37)38)6-4-20(28)2/h3-18H,1-2H3. The van der Waals surface area contributed by atoms with Crippen molar-refractivity contribution in [1.29, 1.82) is 0 Å². The van der Waals surface area contributed by atoms with E-state index in [2.05, 4.69) is 0 Å². The maximum absolute atomic E-state index is 11.9. The van der Waals surface area contributed by atoms with E-state index in [1.54, 1.807) is 74.5 Å². The first-order valence-corrected chi connectivity index (χ1v) is 11.6. The highest BCUT2D eigenvalue weighted by Gasteiger charge is 2.17. The van der Waals surface area contributed by atoms with E-state index in [9.17, 15) is 29.8 Å². The second-order valence-corrected chi connectivity index (χ2v) is 8.50. The number of nitro groups is 2. The van der Waals surface area contributed by atoms with Crippen LogP contribution in [0.25, 0.3) is 0 Å². The summed E-state index contributed by atoms with van der Waals surface area (Å²) in [4.78, 5) is 47.6. The van der Waals surface area contributed by atoms with Gasteiger partial charge in [0.15, 0.2) is 0 Å². The molecule has 0 saturated carbocycles. The van der Waals surface area contributed by atoms with Crippen LogP contribution in [0.2, 0.25) is 0 Å². The summed E-state index contributed by atoms with van der Waals surface area (Å²) in [6.45, 7) is 3.51. The fourth-order valence-corrected chi connectivity index (χ4v) is 3.94. The number of amides is 2. The Kier molecular flexibility index (Phi) is 7.62. The molecule has 11 heteroatoms. The van der Waals surface area contributed by atoms with Crippen LogP contribution >= 0.6 is 0 Å². The highest BCUT2D eigenvalue weighted by Crippen LogP contribution is 2.34. The third kappa shape index (κ3) is 5.72. The molecule has 0 N–H and O–H groups in total. The Morgan fingerprint density at radius 1 is 0.615 bits per heavy atom. The van der Waals surface area contributed by atoms with Gasteiger partial charge in [0.2, 0.25) is 12.8 Å². The topological polar surface area (TPSA) is 136 Å². The van der Waals surface area contributed by atoms with Gasteiger partial charge in [-0.2, -0.15) is 0 Å². The molecule has 4 aromatic carbocycles. The number of rotatable bonds is 10. The summed E-state index contributed by atoms with van der Waals surface area (Å²) in [7, 11) is 0. The number of nitrogens with zero attached hydrogens (tertiary/aromatic N) is 4. The fourth-order valence-electron chi connectivity index (χ4n) is 3.94. The van der Waals surface area contributed by atoms with Gasteiger partial charge >= 0.3 is 0 Å². The molecule has 0 spiro atoms. The largest absolute Gasteiger partial charge is 0.457 e. The maximum Gasteiger partial charge on any atom is 0.271 e. The van der Waals surface area contributed by atoms with Crippen molar-refractivity contribution in [2.45, 2.75) is 13.8 Å². The third-order valence-corrected chi connectivity index (χ3v) is 6.00. The number of ether oxygens (including phenoxy) is 1. The Morgan fingerprint density at radius 3 is 1.28 bits per heavy atom. The number of nitro benzene ring substituents is 2. The van der Waals surface area contributed by atoms with Crippen LogP contribution in [-0.2, 0) is 9.59 Å². The maximum atomic E-state index is 11.9.